The lowest BCUT2D eigenvalue weighted by molar-refractivity contribution is -0.117. The van der Waals surface area contributed by atoms with Gasteiger partial charge in [-0.25, -0.2) is 14.5 Å². The molecular formula is C23H20N4O4S. The van der Waals surface area contributed by atoms with E-state index in [1.807, 2.05) is 38.1 Å². The van der Waals surface area contributed by atoms with Crippen LogP contribution in [0.3, 0.4) is 0 Å². The van der Waals surface area contributed by atoms with Gasteiger partial charge >= 0.3 is 5.97 Å². The Hall–Kier alpha value is -3.85. The van der Waals surface area contributed by atoms with Crippen LogP contribution in [-0.4, -0.2) is 33.8 Å². The van der Waals surface area contributed by atoms with E-state index in [0.29, 0.717) is 27.2 Å². The van der Waals surface area contributed by atoms with E-state index < -0.39 is 17.4 Å². The van der Waals surface area contributed by atoms with E-state index in [9.17, 15) is 14.4 Å². The lowest BCUT2D eigenvalue weighted by Crippen LogP contribution is -2.30. The van der Waals surface area contributed by atoms with Gasteiger partial charge in [0.1, 0.15) is 12.2 Å². The third kappa shape index (κ3) is 4.28. The molecule has 0 saturated carbocycles. The second kappa shape index (κ2) is 8.72. The van der Waals surface area contributed by atoms with Crippen molar-refractivity contribution in [3.8, 4) is 11.3 Å². The summed E-state index contributed by atoms with van der Waals surface area (Å²) < 4.78 is 6.50. The Bertz CT molecular complexity index is 1370. The first-order valence-corrected chi connectivity index (χ1v) is 10.6. The molecule has 1 amide bonds. The summed E-state index contributed by atoms with van der Waals surface area (Å²) in [5.41, 5.74) is 3.30. The molecule has 0 aliphatic rings. The van der Waals surface area contributed by atoms with Crippen molar-refractivity contribution in [2.24, 2.45) is 0 Å². The summed E-state index contributed by atoms with van der Waals surface area (Å²) in [4.78, 5) is 41.5. The second-order valence-electron chi connectivity index (χ2n) is 7.21. The molecule has 4 rings (SSSR count). The molecule has 9 heteroatoms. The average Bonchev–Trinajstić information content (AvgIpc) is 3.18. The molecule has 8 nitrogen and oxygen atoms in total. The largest absolute Gasteiger partial charge is 0.465 e. The summed E-state index contributed by atoms with van der Waals surface area (Å²) >= 11 is 1.40. The maximum atomic E-state index is 12.9. The number of rotatable bonds is 5. The second-order valence-corrected chi connectivity index (χ2v) is 8.41. The highest BCUT2D eigenvalue weighted by molar-refractivity contribution is 7.19. The van der Waals surface area contributed by atoms with Gasteiger partial charge in [-0.2, -0.15) is 5.10 Å². The number of thiazole rings is 1. The van der Waals surface area contributed by atoms with Gasteiger partial charge < -0.3 is 10.1 Å². The maximum Gasteiger partial charge on any atom is 0.337 e. The Morgan fingerprint density at radius 3 is 2.41 bits per heavy atom. The summed E-state index contributed by atoms with van der Waals surface area (Å²) in [7, 11) is 1.30. The SMILES string of the molecule is COC(=O)c1ccc(NC(=O)Cn2nc(-c3ccc(C)cc3)c3sc(C)nc3c2=O)cc1. The van der Waals surface area contributed by atoms with Crippen molar-refractivity contribution in [3.05, 3.63) is 75.0 Å². The zero-order valence-electron chi connectivity index (χ0n) is 17.7. The Morgan fingerprint density at radius 1 is 1.06 bits per heavy atom. The van der Waals surface area contributed by atoms with Gasteiger partial charge in [0.2, 0.25) is 5.91 Å². The highest BCUT2D eigenvalue weighted by Gasteiger charge is 2.18. The summed E-state index contributed by atoms with van der Waals surface area (Å²) in [6.07, 6.45) is 0. The normalized spacial score (nSPS) is 10.8. The van der Waals surface area contributed by atoms with Crippen LogP contribution in [0.4, 0.5) is 5.69 Å². The topological polar surface area (TPSA) is 103 Å². The standard InChI is InChI=1S/C23H20N4O4S/c1-13-4-6-15(7-5-13)19-21-20(24-14(2)32-21)22(29)27(26-19)12-18(28)25-17-10-8-16(9-11-17)23(30)31-3/h4-11H,12H2,1-3H3,(H,25,28). The Morgan fingerprint density at radius 2 is 1.75 bits per heavy atom. The van der Waals surface area contributed by atoms with Crippen LogP contribution in [0.5, 0.6) is 0 Å². The minimum Gasteiger partial charge on any atom is -0.465 e. The van der Waals surface area contributed by atoms with E-state index in [-0.39, 0.29) is 6.54 Å². The van der Waals surface area contributed by atoms with E-state index in [2.05, 4.69) is 20.1 Å². The van der Waals surface area contributed by atoms with Gasteiger partial charge in [-0.05, 0) is 38.1 Å². The monoisotopic (exact) mass is 448 g/mol. The van der Waals surface area contributed by atoms with Crippen molar-refractivity contribution in [2.45, 2.75) is 20.4 Å². The fourth-order valence-electron chi connectivity index (χ4n) is 3.22. The van der Waals surface area contributed by atoms with Crippen molar-refractivity contribution < 1.29 is 14.3 Å². The van der Waals surface area contributed by atoms with Gasteiger partial charge in [0.25, 0.3) is 5.56 Å². The molecular weight excluding hydrogens is 428 g/mol. The fourth-order valence-corrected chi connectivity index (χ4v) is 4.14. The van der Waals surface area contributed by atoms with Crippen molar-refractivity contribution in [1.82, 2.24) is 14.8 Å². The number of aromatic nitrogens is 3. The smallest absolute Gasteiger partial charge is 0.337 e. The van der Waals surface area contributed by atoms with E-state index in [1.165, 1.54) is 18.4 Å². The van der Waals surface area contributed by atoms with Gasteiger partial charge in [-0.1, -0.05) is 29.8 Å². The molecule has 0 bridgehead atoms. The number of anilines is 1. The summed E-state index contributed by atoms with van der Waals surface area (Å²) in [6, 6.07) is 14.1. The van der Waals surface area contributed by atoms with E-state index in [4.69, 9.17) is 0 Å². The summed E-state index contributed by atoms with van der Waals surface area (Å²) in [5, 5.41) is 7.96. The zero-order chi connectivity index (χ0) is 22.8. The molecule has 0 aliphatic heterocycles. The van der Waals surface area contributed by atoms with E-state index in [1.54, 1.807) is 24.3 Å². The predicted molar refractivity (Wildman–Crippen MR) is 123 cm³/mol. The molecule has 0 unspecified atom stereocenters. The molecule has 0 spiro atoms. The lowest BCUT2D eigenvalue weighted by Gasteiger charge is -2.10. The van der Waals surface area contributed by atoms with Crippen LogP contribution in [0, 0.1) is 13.8 Å². The number of methoxy groups -OCH3 is 1. The third-order valence-corrected chi connectivity index (χ3v) is 5.79. The molecule has 1 N–H and O–H groups in total. The highest BCUT2D eigenvalue weighted by Crippen LogP contribution is 2.29. The Kier molecular flexibility index (Phi) is 5.83. The van der Waals surface area contributed by atoms with Crippen molar-refractivity contribution in [1.29, 1.82) is 0 Å². The minimum absolute atomic E-state index is 0.275. The number of carbonyl (C=O) groups is 2. The summed E-state index contributed by atoms with van der Waals surface area (Å²) in [5.74, 6) is -0.888. The number of benzene rings is 2. The number of hydrogen-bond acceptors (Lipinski definition) is 7. The summed E-state index contributed by atoms with van der Waals surface area (Å²) in [6.45, 7) is 3.55. The van der Waals surface area contributed by atoms with Crippen molar-refractivity contribution in [3.63, 3.8) is 0 Å². The van der Waals surface area contributed by atoms with Gasteiger partial charge in [0, 0.05) is 11.3 Å². The van der Waals surface area contributed by atoms with Gasteiger partial charge in [0.15, 0.2) is 5.52 Å². The van der Waals surface area contributed by atoms with Gasteiger partial charge in [0.05, 0.1) is 22.4 Å². The van der Waals surface area contributed by atoms with Gasteiger partial charge in [-0.15, -0.1) is 11.3 Å². The molecule has 2 heterocycles. The van der Waals surface area contributed by atoms with E-state index in [0.717, 1.165) is 20.8 Å². The van der Waals surface area contributed by atoms with Crippen LogP contribution in [0.1, 0.15) is 20.9 Å². The number of fused-ring (bicyclic) bond motifs is 1. The first-order valence-electron chi connectivity index (χ1n) is 9.79. The van der Waals surface area contributed by atoms with Crippen molar-refractivity contribution >= 4 is 39.1 Å². The molecule has 0 saturated heterocycles. The van der Waals surface area contributed by atoms with Crippen LogP contribution >= 0.6 is 11.3 Å². The van der Waals surface area contributed by atoms with Crippen LogP contribution in [0.15, 0.2) is 53.3 Å². The number of ether oxygens (including phenoxy) is 1. The third-order valence-electron chi connectivity index (χ3n) is 4.82. The quantitative estimate of drug-likeness (QED) is 0.468. The van der Waals surface area contributed by atoms with Crippen LogP contribution < -0.4 is 10.9 Å². The molecule has 0 fully saturated rings. The number of aryl methyl sites for hydroxylation is 2. The first kappa shape index (κ1) is 21.4. The number of amides is 1. The number of nitrogens with zero attached hydrogens (tertiary/aromatic N) is 3. The number of esters is 1. The highest BCUT2D eigenvalue weighted by atomic mass is 32.1. The molecule has 162 valence electrons. The van der Waals surface area contributed by atoms with Crippen LogP contribution in [0.25, 0.3) is 21.5 Å². The van der Waals surface area contributed by atoms with E-state index >= 15 is 0 Å². The molecule has 0 aliphatic carbocycles. The number of carbonyl (C=O) groups excluding carboxylic acids is 2. The molecule has 0 atom stereocenters. The molecule has 32 heavy (non-hydrogen) atoms. The Labute approximate surface area is 187 Å². The molecule has 2 aromatic carbocycles. The molecule has 2 aromatic heterocycles. The Balaban J connectivity index is 1.64. The van der Waals surface area contributed by atoms with Crippen molar-refractivity contribution in [2.75, 3.05) is 12.4 Å². The fraction of sp³-hybridized carbons (Fsp3) is 0.174. The van der Waals surface area contributed by atoms with Crippen LogP contribution in [-0.2, 0) is 16.1 Å². The van der Waals surface area contributed by atoms with Crippen LogP contribution in [0.2, 0.25) is 0 Å². The molecule has 4 aromatic rings. The number of hydrogen-bond donors (Lipinski definition) is 1. The molecule has 0 radical (unpaired) electrons. The first-order chi connectivity index (χ1) is 15.4. The zero-order valence-corrected chi connectivity index (χ0v) is 18.5. The predicted octanol–water partition coefficient (Wildman–Crippen LogP) is 3.56. The minimum atomic E-state index is -0.464. The van der Waals surface area contributed by atoms with Gasteiger partial charge in [-0.3, -0.25) is 9.59 Å². The average molecular weight is 449 g/mol. The number of nitrogens with one attached hydrogen (secondary N) is 1. The maximum absolute atomic E-state index is 12.9. The lowest BCUT2D eigenvalue weighted by atomic mass is 10.1.